The van der Waals surface area contributed by atoms with Gasteiger partial charge in [0.05, 0.1) is 49.7 Å². The van der Waals surface area contributed by atoms with Crippen LogP contribution in [0.3, 0.4) is 0 Å². The number of fused-ring (bicyclic) bond motifs is 10. The Hall–Kier alpha value is -8.54. The predicted molar refractivity (Wildman–Crippen MR) is 291 cm³/mol. The minimum Gasteiger partial charge on any atom is -0.458 e. The molecule has 0 atom stereocenters. The van der Waals surface area contributed by atoms with Gasteiger partial charge in [-0.1, -0.05) is 184 Å². The second kappa shape index (κ2) is 15.0. The van der Waals surface area contributed by atoms with Crippen molar-refractivity contribution in [1.82, 2.24) is 9.13 Å². The summed E-state index contributed by atoms with van der Waals surface area (Å²) in [6.45, 7) is 5.65. The van der Waals surface area contributed by atoms with Crippen LogP contribution in [-0.2, 0) is 5.41 Å². The highest BCUT2D eigenvalue weighted by Crippen LogP contribution is 2.50. The molecule has 326 valence electrons. The standard InChI is InChI=1S/C64H46BN3O/c1-64(2,3)43-37-59-62-61(38-43)69-60-40-45(67-56-31-16-12-25-50(56)51-26-13-17-32-57(51)67)34-36-53(60)65(62)52-35-33-44(66-54-29-14-10-23-48(54)49-24-11-15-30-55(49)66)39-58(52)68(59)63-46(41-19-6-4-7-20-41)27-18-28-47(63)42-21-8-5-9-22-42/h4-40H,1-3H3/i10D,11D,12D,13D,14D,15D,16D,17D,23D,24D,25D,26D,29D,30D,31D,32D. The van der Waals surface area contributed by atoms with Crippen LogP contribution in [0, 0.1) is 0 Å². The Bertz CT molecular complexity index is 4790. The third-order valence-corrected chi connectivity index (χ3v) is 13.6. The van der Waals surface area contributed by atoms with E-state index in [4.69, 9.17) is 18.4 Å². The third kappa shape index (κ3) is 5.96. The molecular formula is C64H46BN3O. The highest BCUT2D eigenvalue weighted by Gasteiger charge is 2.44. The fourth-order valence-electron chi connectivity index (χ4n) is 10.5. The number of hydrogen-bond donors (Lipinski definition) is 0. The smallest absolute Gasteiger partial charge is 0.256 e. The first-order valence-corrected chi connectivity index (χ1v) is 22.7. The molecule has 0 spiro atoms. The number of benzene rings is 10. The minimum absolute atomic E-state index is 0.0357. The summed E-state index contributed by atoms with van der Waals surface area (Å²) in [6, 6.07) is 33.3. The third-order valence-electron chi connectivity index (χ3n) is 13.6. The first kappa shape index (κ1) is 26.7. The summed E-state index contributed by atoms with van der Waals surface area (Å²) in [5.74, 6) is 0.840. The maximum atomic E-state index is 9.47. The molecule has 5 heteroatoms. The van der Waals surface area contributed by atoms with Crippen molar-refractivity contribution in [2.45, 2.75) is 26.2 Å². The summed E-state index contributed by atoms with van der Waals surface area (Å²) in [5.41, 5.74) is 8.66. The molecular weight excluding hydrogens is 838 g/mol. The van der Waals surface area contributed by atoms with Crippen molar-refractivity contribution in [3.05, 3.63) is 230 Å². The first-order valence-electron chi connectivity index (χ1n) is 30.7. The van der Waals surface area contributed by atoms with Crippen molar-refractivity contribution in [2.24, 2.45) is 0 Å². The van der Waals surface area contributed by atoms with E-state index < -0.39 is 109 Å². The van der Waals surface area contributed by atoms with Crippen molar-refractivity contribution >= 4 is 83.8 Å². The summed E-state index contributed by atoms with van der Waals surface area (Å²) in [5, 5.41) is -0.240. The van der Waals surface area contributed by atoms with Crippen LogP contribution in [0.25, 0.3) is 77.2 Å². The summed E-state index contributed by atoms with van der Waals surface area (Å²) in [7, 11) is 0. The van der Waals surface area contributed by atoms with E-state index in [1.807, 2.05) is 91.0 Å². The lowest BCUT2D eigenvalue weighted by Crippen LogP contribution is -2.59. The van der Waals surface area contributed by atoms with E-state index in [2.05, 4.69) is 43.9 Å². The molecule has 2 aliphatic rings. The Kier molecular flexibility index (Phi) is 5.80. The van der Waals surface area contributed by atoms with E-state index >= 15 is 0 Å². The Labute approximate surface area is 424 Å². The molecule has 0 aliphatic carbocycles. The predicted octanol–water partition coefficient (Wildman–Crippen LogP) is 14.9. The molecule has 0 fully saturated rings. The zero-order chi connectivity index (χ0) is 59.9. The molecule has 14 rings (SSSR count). The summed E-state index contributed by atoms with van der Waals surface area (Å²) in [6.07, 6.45) is 0. The van der Waals surface area contributed by atoms with Crippen molar-refractivity contribution < 1.29 is 26.7 Å². The van der Waals surface area contributed by atoms with Crippen molar-refractivity contribution in [2.75, 3.05) is 4.90 Å². The fourth-order valence-corrected chi connectivity index (χ4v) is 10.5. The Balaban J connectivity index is 1.13. The van der Waals surface area contributed by atoms with Gasteiger partial charge in [0.25, 0.3) is 6.71 Å². The van der Waals surface area contributed by atoms with Crippen LogP contribution >= 0.6 is 0 Å². The topological polar surface area (TPSA) is 22.3 Å². The number of hydrogen-bond acceptors (Lipinski definition) is 2. The minimum atomic E-state index is -0.637. The van der Waals surface area contributed by atoms with Gasteiger partial charge in [-0.3, -0.25) is 0 Å². The molecule has 0 amide bonds. The van der Waals surface area contributed by atoms with E-state index in [-0.39, 0.29) is 43.6 Å². The molecule has 4 heterocycles. The van der Waals surface area contributed by atoms with Gasteiger partial charge >= 0.3 is 0 Å². The molecule has 12 aromatic rings. The van der Waals surface area contributed by atoms with Crippen LogP contribution in [0.5, 0.6) is 11.5 Å². The number of anilines is 3. The SMILES string of the molecule is [2H]c1c([2H])c([2H])c2c(c1[2H])c1c([2H])c([2H])c([2H])c([2H])c1n2-c1ccc2c(c1)Oc1cc(C(C)(C)C)cc3c1B2c1ccc(-n2c4c([2H])c([2H])c([2H])c([2H])c4c4c([2H])c([2H])c([2H])c([2H])c42)cc1N3c1c(-c2ccccc2)cccc1-c1ccccc1. The summed E-state index contributed by atoms with van der Waals surface area (Å²) in [4.78, 5) is 2.20. The normalized spacial score (nSPS) is 16.2. The Morgan fingerprint density at radius 2 is 0.928 bits per heavy atom. The molecule has 0 unspecified atom stereocenters. The second-order valence-electron chi connectivity index (χ2n) is 18.5. The average Bonchev–Trinajstić information content (AvgIpc) is 1.81. The quantitative estimate of drug-likeness (QED) is 0.161. The van der Waals surface area contributed by atoms with Crippen LogP contribution < -0.4 is 26.0 Å². The summed E-state index contributed by atoms with van der Waals surface area (Å²) < 4.78 is 155. The van der Waals surface area contributed by atoms with Gasteiger partial charge in [-0.25, -0.2) is 0 Å². The van der Waals surface area contributed by atoms with Crippen LogP contribution in [-0.4, -0.2) is 15.8 Å². The number of nitrogens with zero attached hydrogens (tertiary/aromatic N) is 3. The maximum absolute atomic E-state index is 9.47. The maximum Gasteiger partial charge on any atom is 0.256 e. The molecule has 0 saturated carbocycles. The van der Waals surface area contributed by atoms with Crippen LogP contribution in [0.15, 0.2) is 224 Å². The number of aromatic nitrogens is 2. The zero-order valence-corrected chi connectivity index (χ0v) is 37.5. The Morgan fingerprint density at radius 3 is 1.43 bits per heavy atom. The molecule has 2 aliphatic heterocycles. The lowest BCUT2D eigenvalue weighted by molar-refractivity contribution is 0.483. The second-order valence-corrected chi connectivity index (χ2v) is 18.5. The lowest BCUT2D eigenvalue weighted by Gasteiger charge is -2.42. The van der Waals surface area contributed by atoms with Crippen molar-refractivity contribution in [1.29, 1.82) is 0 Å². The number of rotatable bonds is 5. The van der Waals surface area contributed by atoms with Gasteiger partial charge in [0.2, 0.25) is 0 Å². The van der Waals surface area contributed by atoms with Gasteiger partial charge in [-0.05, 0) is 93.0 Å². The van der Waals surface area contributed by atoms with E-state index in [9.17, 15) is 8.22 Å². The zero-order valence-electron chi connectivity index (χ0n) is 53.5. The van der Waals surface area contributed by atoms with Gasteiger partial charge in [0.1, 0.15) is 11.5 Å². The number of ether oxygens (including phenoxy) is 1. The summed E-state index contributed by atoms with van der Waals surface area (Å²) >= 11 is 0. The largest absolute Gasteiger partial charge is 0.458 e. The molecule has 2 aromatic heterocycles. The molecule has 69 heavy (non-hydrogen) atoms. The Morgan fingerprint density at radius 1 is 0.449 bits per heavy atom. The molecule has 4 nitrogen and oxygen atoms in total. The van der Waals surface area contributed by atoms with Gasteiger partial charge in [-0.2, -0.15) is 0 Å². The molecule has 0 N–H and O–H groups in total. The fraction of sp³-hybridized carbons (Fsp3) is 0.0625. The van der Waals surface area contributed by atoms with E-state index in [1.54, 1.807) is 18.2 Å². The molecule has 0 bridgehead atoms. The van der Waals surface area contributed by atoms with Gasteiger partial charge in [0.15, 0.2) is 0 Å². The molecule has 0 radical (unpaired) electrons. The van der Waals surface area contributed by atoms with Crippen LogP contribution in [0.4, 0.5) is 17.1 Å². The highest BCUT2D eigenvalue weighted by atomic mass is 16.5. The molecule has 10 aromatic carbocycles. The van der Waals surface area contributed by atoms with Gasteiger partial charge in [0, 0.05) is 61.5 Å². The van der Waals surface area contributed by atoms with Gasteiger partial charge < -0.3 is 18.8 Å². The first-order chi connectivity index (χ1) is 40.5. The monoisotopic (exact) mass is 899 g/mol. The van der Waals surface area contributed by atoms with Crippen LogP contribution in [0.2, 0.25) is 0 Å². The average molecular weight is 900 g/mol. The highest BCUT2D eigenvalue weighted by molar-refractivity contribution is 6.99. The van der Waals surface area contributed by atoms with E-state index in [0.717, 1.165) is 50.1 Å². The molecule has 0 saturated heterocycles. The van der Waals surface area contributed by atoms with Crippen molar-refractivity contribution in [3.63, 3.8) is 0 Å². The van der Waals surface area contributed by atoms with Crippen molar-refractivity contribution in [3.8, 4) is 45.1 Å². The number of para-hydroxylation sites is 5. The van der Waals surface area contributed by atoms with Gasteiger partial charge in [-0.15, -0.1) is 0 Å². The lowest BCUT2D eigenvalue weighted by atomic mass is 9.34. The van der Waals surface area contributed by atoms with Crippen LogP contribution in [0.1, 0.15) is 48.3 Å². The van der Waals surface area contributed by atoms with E-state index in [0.29, 0.717) is 34.0 Å². The van der Waals surface area contributed by atoms with E-state index in [1.165, 1.54) is 9.13 Å².